The zero-order chi connectivity index (χ0) is 18.3. The van der Waals surface area contributed by atoms with E-state index in [0.717, 1.165) is 55.6 Å². The molecule has 8 heteroatoms. The summed E-state index contributed by atoms with van der Waals surface area (Å²) in [5.74, 6) is 0. The molecule has 2 aromatic heterocycles. The van der Waals surface area contributed by atoms with Crippen molar-refractivity contribution in [3.63, 3.8) is 0 Å². The van der Waals surface area contributed by atoms with Gasteiger partial charge in [-0.2, -0.15) is 10.2 Å². The van der Waals surface area contributed by atoms with E-state index < -0.39 is 0 Å². The van der Waals surface area contributed by atoms with Crippen molar-refractivity contribution >= 4 is 44.6 Å². The number of nitrogens with two attached hydrogens (primary N) is 4. The van der Waals surface area contributed by atoms with Gasteiger partial charge in [0.25, 0.3) is 0 Å². The van der Waals surface area contributed by atoms with Gasteiger partial charge >= 0.3 is 0 Å². The van der Waals surface area contributed by atoms with Crippen LogP contribution in [0.1, 0.15) is 16.7 Å². The highest BCUT2D eigenvalue weighted by atomic mass is 15.1. The van der Waals surface area contributed by atoms with Crippen molar-refractivity contribution in [1.82, 2.24) is 20.4 Å². The minimum atomic E-state index is 0.689. The van der Waals surface area contributed by atoms with Crippen LogP contribution in [-0.4, -0.2) is 20.4 Å². The van der Waals surface area contributed by atoms with E-state index in [1.165, 1.54) is 0 Å². The van der Waals surface area contributed by atoms with Crippen LogP contribution in [0.4, 0.5) is 22.7 Å². The first-order valence-corrected chi connectivity index (χ1v) is 7.77. The van der Waals surface area contributed by atoms with Crippen LogP contribution in [0.3, 0.4) is 0 Å². The van der Waals surface area contributed by atoms with Gasteiger partial charge in [-0.15, -0.1) is 0 Å². The number of benzene rings is 2. The van der Waals surface area contributed by atoms with Crippen molar-refractivity contribution in [1.29, 1.82) is 0 Å². The Balaban J connectivity index is 0.000000146. The standard InChI is InChI=1S/C9H12N4.C8H10N4/c1-4-5(2)8(11)9-6(7(4)10)3-12-13-9;1-4-2-6(9)8-5(7(4)10)3-11-12-8/h3H,10-11H2,1-2H3,(H,12,13);2-3H,9-10H2,1H3,(H,11,12). The SMILES string of the molecule is Cc1c(C)c(N)c2[nH]ncc2c1N.Cc1cc(N)c2[nH]ncc2c1N. The molecule has 8 nitrogen and oxygen atoms in total. The molecule has 4 aromatic rings. The van der Waals surface area contributed by atoms with Crippen LogP contribution in [0.5, 0.6) is 0 Å². The normalized spacial score (nSPS) is 10.8. The summed E-state index contributed by atoms with van der Waals surface area (Å²) in [5, 5.41) is 15.2. The molecule has 4 rings (SSSR count). The summed E-state index contributed by atoms with van der Waals surface area (Å²) in [7, 11) is 0. The summed E-state index contributed by atoms with van der Waals surface area (Å²) >= 11 is 0. The number of aromatic nitrogens is 4. The van der Waals surface area contributed by atoms with Crippen molar-refractivity contribution in [2.45, 2.75) is 20.8 Å². The Morgan fingerprint density at radius 2 is 1.24 bits per heavy atom. The van der Waals surface area contributed by atoms with Crippen molar-refractivity contribution in [3.8, 4) is 0 Å². The second-order valence-corrected chi connectivity index (χ2v) is 6.09. The molecule has 0 radical (unpaired) electrons. The van der Waals surface area contributed by atoms with Crippen LogP contribution in [0.2, 0.25) is 0 Å². The molecule has 25 heavy (non-hydrogen) atoms. The van der Waals surface area contributed by atoms with Crippen LogP contribution in [0.25, 0.3) is 21.8 Å². The third kappa shape index (κ3) is 2.57. The first-order chi connectivity index (χ1) is 11.8. The second-order valence-electron chi connectivity index (χ2n) is 6.09. The van der Waals surface area contributed by atoms with Crippen LogP contribution >= 0.6 is 0 Å². The van der Waals surface area contributed by atoms with Crippen LogP contribution in [-0.2, 0) is 0 Å². The molecule has 0 atom stereocenters. The quantitative estimate of drug-likeness (QED) is 0.270. The number of anilines is 4. The van der Waals surface area contributed by atoms with Gasteiger partial charge in [-0.1, -0.05) is 0 Å². The number of H-pyrrole nitrogens is 2. The maximum absolute atomic E-state index is 5.92. The van der Waals surface area contributed by atoms with E-state index in [1.807, 2.05) is 26.8 Å². The van der Waals surface area contributed by atoms with Crippen LogP contribution < -0.4 is 22.9 Å². The molecule has 0 bridgehead atoms. The highest BCUT2D eigenvalue weighted by molar-refractivity contribution is 6.00. The molecule has 0 saturated carbocycles. The van der Waals surface area contributed by atoms with Gasteiger partial charge in [-0.05, 0) is 43.5 Å². The van der Waals surface area contributed by atoms with Gasteiger partial charge < -0.3 is 22.9 Å². The van der Waals surface area contributed by atoms with E-state index in [2.05, 4.69) is 20.4 Å². The van der Waals surface area contributed by atoms with Gasteiger partial charge in [0.2, 0.25) is 0 Å². The van der Waals surface area contributed by atoms with E-state index in [-0.39, 0.29) is 0 Å². The third-order valence-corrected chi connectivity index (χ3v) is 4.58. The molecule has 0 aliphatic rings. The fraction of sp³-hybridized carbons (Fsp3) is 0.176. The molecule has 2 aromatic carbocycles. The minimum Gasteiger partial charge on any atom is -0.398 e. The van der Waals surface area contributed by atoms with Gasteiger partial charge in [0, 0.05) is 22.1 Å². The lowest BCUT2D eigenvalue weighted by molar-refractivity contribution is 1.12. The van der Waals surface area contributed by atoms with Crippen molar-refractivity contribution in [2.75, 3.05) is 22.9 Å². The number of hydrogen-bond acceptors (Lipinski definition) is 6. The zero-order valence-electron chi connectivity index (χ0n) is 14.4. The highest BCUT2D eigenvalue weighted by Gasteiger charge is 2.10. The fourth-order valence-electron chi connectivity index (χ4n) is 2.80. The Morgan fingerprint density at radius 1 is 0.720 bits per heavy atom. The van der Waals surface area contributed by atoms with Gasteiger partial charge in [0.05, 0.1) is 34.8 Å². The summed E-state index contributed by atoms with van der Waals surface area (Å²) in [6, 6.07) is 1.84. The fourth-order valence-corrected chi connectivity index (χ4v) is 2.80. The lowest BCUT2D eigenvalue weighted by Gasteiger charge is -2.08. The Bertz CT molecular complexity index is 1030. The molecule has 0 unspecified atom stereocenters. The molecule has 0 aliphatic heterocycles. The zero-order valence-corrected chi connectivity index (χ0v) is 14.4. The average molecular weight is 338 g/mol. The minimum absolute atomic E-state index is 0.689. The molecule has 130 valence electrons. The van der Waals surface area contributed by atoms with Crippen molar-refractivity contribution in [3.05, 3.63) is 35.2 Å². The summed E-state index contributed by atoms with van der Waals surface area (Å²) in [6.07, 6.45) is 3.39. The van der Waals surface area contributed by atoms with Crippen LogP contribution in [0, 0.1) is 20.8 Å². The smallest absolute Gasteiger partial charge is 0.0903 e. The first-order valence-electron chi connectivity index (χ1n) is 7.77. The number of nitrogen functional groups attached to an aromatic ring is 4. The third-order valence-electron chi connectivity index (χ3n) is 4.58. The molecule has 0 saturated heterocycles. The Labute approximate surface area is 144 Å². The van der Waals surface area contributed by atoms with Crippen molar-refractivity contribution < 1.29 is 0 Å². The molecule has 0 amide bonds. The van der Waals surface area contributed by atoms with Gasteiger partial charge in [0.1, 0.15) is 0 Å². The predicted octanol–water partition coefficient (Wildman–Crippen LogP) is 2.38. The number of nitrogens with one attached hydrogen (secondary N) is 2. The summed E-state index contributed by atoms with van der Waals surface area (Å²) in [4.78, 5) is 0. The van der Waals surface area contributed by atoms with Gasteiger partial charge in [-0.25, -0.2) is 0 Å². The second kappa shape index (κ2) is 5.90. The van der Waals surface area contributed by atoms with Crippen molar-refractivity contribution in [2.24, 2.45) is 0 Å². The Hall–Kier alpha value is -3.42. The average Bonchev–Trinajstić information content (AvgIpc) is 3.26. The number of aryl methyl sites for hydroxylation is 1. The Morgan fingerprint density at radius 3 is 1.88 bits per heavy atom. The summed E-state index contributed by atoms with van der Waals surface area (Å²) in [6.45, 7) is 5.85. The monoisotopic (exact) mass is 338 g/mol. The first kappa shape index (κ1) is 16.4. The number of nitrogens with zero attached hydrogens (tertiary/aromatic N) is 2. The summed E-state index contributed by atoms with van der Waals surface area (Å²) < 4.78 is 0. The number of hydrogen-bond donors (Lipinski definition) is 6. The van der Waals surface area contributed by atoms with E-state index in [1.54, 1.807) is 12.4 Å². The van der Waals surface area contributed by atoms with E-state index >= 15 is 0 Å². The molecular formula is C17H22N8. The Kier molecular flexibility index (Phi) is 3.88. The summed E-state index contributed by atoms with van der Waals surface area (Å²) in [5.41, 5.74) is 31.0. The molecule has 2 heterocycles. The molecular weight excluding hydrogens is 316 g/mol. The number of aromatic amines is 2. The molecule has 0 spiro atoms. The van der Waals surface area contributed by atoms with E-state index in [0.29, 0.717) is 5.69 Å². The molecule has 0 aliphatic carbocycles. The topological polar surface area (TPSA) is 161 Å². The van der Waals surface area contributed by atoms with E-state index in [9.17, 15) is 0 Å². The van der Waals surface area contributed by atoms with Gasteiger partial charge in [0.15, 0.2) is 0 Å². The van der Waals surface area contributed by atoms with Crippen LogP contribution in [0.15, 0.2) is 18.5 Å². The highest BCUT2D eigenvalue weighted by Crippen LogP contribution is 2.31. The number of fused-ring (bicyclic) bond motifs is 2. The lowest BCUT2D eigenvalue weighted by atomic mass is 10.0. The van der Waals surface area contributed by atoms with Gasteiger partial charge in [-0.3, -0.25) is 10.2 Å². The molecule has 0 fully saturated rings. The largest absolute Gasteiger partial charge is 0.398 e. The maximum Gasteiger partial charge on any atom is 0.0903 e. The molecule has 10 N–H and O–H groups in total. The van der Waals surface area contributed by atoms with E-state index in [4.69, 9.17) is 22.9 Å². The maximum atomic E-state index is 5.92. The predicted molar refractivity (Wildman–Crippen MR) is 104 cm³/mol. The lowest BCUT2D eigenvalue weighted by Crippen LogP contribution is -1.99. The number of rotatable bonds is 0.